The number of hydrogen-bond acceptors (Lipinski definition) is 8. The van der Waals surface area contributed by atoms with E-state index in [2.05, 4.69) is 15.3 Å². The van der Waals surface area contributed by atoms with E-state index in [0.29, 0.717) is 11.3 Å². The van der Waals surface area contributed by atoms with Crippen LogP contribution in [0.25, 0.3) is 0 Å². The molecule has 10 nitrogen and oxygen atoms in total. The van der Waals surface area contributed by atoms with Gasteiger partial charge in [-0.1, -0.05) is 23.7 Å². The van der Waals surface area contributed by atoms with Crippen LogP contribution in [-0.4, -0.2) is 60.1 Å². The average Bonchev–Trinajstić information content (AvgIpc) is 2.75. The molecule has 0 aliphatic heterocycles. The third-order valence-corrected chi connectivity index (χ3v) is 5.30. The van der Waals surface area contributed by atoms with Gasteiger partial charge in [-0.2, -0.15) is 5.10 Å². The van der Waals surface area contributed by atoms with Crippen molar-refractivity contribution in [3.05, 3.63) is 53.1 Å². The van der Waals surface area contributed by atoms with Crippen molar-refractivity contribution in [1.29, 1.82) is 0 Å². The molecule has 0 atom stereocenters. The number of benzene rings is 2. The lowest BCUT2D eigenvalue weighted by Gasteiger charge is -2.23. The van der Waals surface area contributed by atoms with Gasteiger partial charge >= 0.3 is 5.97 Å². The highest BCUT2D eigenvalue weighted by Gasteiger charge is 2.24. The largest absolute Gasteiger partial charge is 0.495 e. The Morgan fingerprint density at radius 2 is 1.94 bits per heavy atom. The van der Waals surface area contributed by atoms with E-state index in [9.17, 15) is 18.0 Å². The van der Waals surface area contributed by atoms with Crippen molar-refractivity contribution in [2.75, 3.05) is 37.9 Å². The third-order valence-electron chi connectivity index (χ3n) is 3.94. The van der Waals surface area contributed by atoms with Crippen LogP contribution in [0.4, 0.5) is 5.69 Å². The Morgan fingerprint density at radius 1 is 1.19 bits per heavy atom. The van der Waals surface area contributed by atoms with E-state index in [1.54, 1.807) is 24.3 Å². The minimum absolute atomic E-state index is 0.122. The lowest BCUT2D eigenvalue weighted by molar-refractivity contribution is -0.142. The predicted molar refractivity (Wildman–Crippen MR) is 120 cm³/mol. The highest BCUT2D eigenvalue weighted by atomic mass is 35.5. The second-order valence-corrected chi connectivity index (χ2v) is 8.66. The SMILES string of the molecule is COC(=O)COc1cccc(/C=N\NC(=O)CN(c2cc(Cl)ccc2OC)S(C)(=O)=O)c1. The number of esters is 1. The number of amides is 1. The lowest BCUT2D eigenvalue weighted by atomic mass is 10.2. The Labute approximate surface area is 190 Å². The number of anilines is 1. The molecule has 0 aliphatic rings. The monoisotopic (exact) mass is 483 g/mol. The molecule has 32 heavy (non-hydrogen) atoms. The zero-order chi connectivity index (χ0) is 23.7. The molecule has 0 aliphatic carbocycles. The molecule has 12 heteroatoms. The molecule has 2 aromatic carbocycles. The Morgan fingerprint density at radius 3 is 2.59 bits per heavy atom. The molecule has 0 bridgehead atoms. The maximum Gasteiger partial charge on any atom is 0.343 e. The van der Waals surface area contributed by atoms with Gasteiger partial charge in [-0.3, -0.25) is 9.10 Å². The molecule has 2 aromatic rings. The number of nitrogens with zero attached hydrogens (tertiary/aromatic N) is 2. The second-order valence-electron chi connectivity index (χ2n) is 6.32. The van der Waals surface area contributed by atoms with E-state index in [-0.39, 0.29) is 23.1 Å². The van der Waals surface area contributed by atoms with Gasteiger partial charge in [-0.25, -0.2) is 18.6 Å². The van der Waals surface area contributed by atoms with Crippen LogP contribution >= 0.6 is 11.6 Å². The van der Waals surface area contributed by atoms with Gasteiger partial charge in [0.05, 0.1) is 32.4 Å². The second kappa shape index (κ2) is 11.3. The average molecular weight is 484 g/mol. The van der Waals surface area contributed by atoms with Gasteiger partial charge in [0.25, 0.3) is 5.91 Å². The van der Waals surface area contributed by atoms with Gasteiger partial charge in [-0.15, -0.1) is 0 Å². The van der Waals surface area contributed by atoms with Crippen LogP contribution in [0.5, 0.6) is 11.5 Å². The molecule has 0 heterocycles. The summed E-state index contributed by atoms with van der Waals surface area (Å²) in [6.45, 7) is -0.794. The van der Waals surface area contributed by atoms with E-state index in [1.807, 2.05) is 0 Å². The maximum atomic E-state index is 12.3. The molecule has 1 amide bonds. The fourth-order valence-electron chi connectivity index (χ4n) is 2.47. The number of carbonyl (C=O) groups is 2. The van der Waals surface area contributed by atoms with Crippen molar-refractivity contribution in [1.82, 2.24) is 5.43 Å². The van der Waals surface area contributed by atoms with E-state index < -0.39 is 28.4 Å². The van der Waals surface area contributed by atoms with Crippen molar-refractivity contribution < 1.29 is 32.2 Å². The van der Waals surface area contributed by atoms with Crippen LogP contribution in [0.3, 0.4) is 0 Å². The van der Waals surface area contributed by atoms with E-state index >= 15 is 0 Å². The summed E-state index contributed by atoms with van der Waals surface area (Å²) in [5.74, 6) is -0.572. The lowest BCUT2D eigenvalue weighted by Crippen LogP contribution is -2.39. The number of halogens is 1. The van der Waals surface area contributed by atoms with Crippen LogP contribution in [-0.2, 0) is 24.3 Å². The van der Waals surface area contributed by atoms with Gasteiger partial charge in [-0.05, 0) is 35.9 Å². The first kappa shape index (κ1) is 25.0. The first-order valence-electron chi connectivity index (χ1n) is 9.07. The van der Waals surface area contributed by atoms with Crippen molar-refractivity contribution in [2.45, 2.75) is 0 Å². The quantitative estimate of drug-likeness (QED) is 0.310. The number of rotatable bonds is 10. The van der Waals surface area contributed by atoms with Gasteiger partial charge in [0.15, 0.2) is 6.61 Å². The highest BCUT2D eigenvalue weighted by Crippen LogP contribution is 2.32. The summed E-state index contributed by atoms with van der Waals surface area (Å²) in [6.07, 6.45) is 2.30. The Hall–Kier alpha value is -3.31. The molecule has 0 radical (unpaired) electrons. The molecular formula is C20H22ClN3O7S. The fraction of sp³-hybridized carbons (Fsp3) is 0.250. The zero-order valence-corrected chi connectivity index (χ0v) is 19.1. The van der Waals surface area contributed by atoms with E-state index in [4.69, 9.17) is 21.1 Å². The summed E-state index contributed by atoms with van der Waals surface area (Å²) in [4.78, 5) is 23.5. The van der Waals surface area contributed by atoms with Crippen molar-refractivity contribution >= 4 is 45.4 Å². The normalized spacial score (nSPS) is 11.1. The zero-order valence-electron chi connectivity index (χ0n) is 17.6. The van der Waals surface area contributed by atoms with E-state index in [1.165, 1.54) is 38.6 Å². The molecule has 172 valence electrons. The smallest absolute Gasteiger partial charge is 0.343 e. The first-order chi connectivity index (χ1) is 15.1. The topological polar surface area (TPSA) is 124 Å². The molecule has 0 fully saturated rings. The number of methoxy groups -OCH3 is 2. The van der Waals surface area contributed by atoms with Crippen LogP contribution in [0.15, 0.2) is 47.6 Å². The highest BCUT2D eigenvalue weighted by molar-refractivity contribution is 7.92. The minimum atomic E-state index is -3.83. The standard InChI is InChI=1S/C20H22ClN3O7S/c1-29-18-8-7-15(21)10-17(18)24(32(3,27)28)12-19(25)23-22-11-14-5-4-6-16(9-14)31-13-20(26)30-2/h4-11H,12-13H2,1-3H3,(H,23,25)/b22-11-. The van der Waals surface area contributed by atoms with Crippen LogP contribution in [0.1, 0.15) is 5.56 Å². The van der Waals surface area contributed by atoms with Crippen LogP contribution in [0.2, 0.25) is 5.02 Å². The molecule has 0 saturated heterocycles. The number of sulfonamides is 1. The summed E-state index contributed by atoms with van der Waals surface area (Å²) in [5.41, 5.74) is 2.97. The Balaban J connectivity index is 2.08. The predicted octanol–water partition coefficient (Wildman–Crippen LogP) is 1.82. The Bertz CT molecular complexity index is 1110. The van der Waals surface area contributed by atoms with Crippen LogP contribution < -0.4 is 19.2 Å². The number of nitrogens with one attached hydrogen (secondary N) is 1. The summed E-state index contributed by atoms with van der Waals surface area (Å²) in [5, 5.41) is 4.11. The summed E-state index contributed by atoms with van der Waals surface area (Å²) < 4.78 is 40.4. The van der Waals surface area contributed by atoms with Crippen molar-refractivity contribution in [3.63, 3.8) is 0 Å². The fourth-order valence-corrected chi connectivity index (χ4v) is 3.49. The van der Waals surface area contributed by atoms with E-state index in [0.717, 1.165) is 10.6 Å². The number of hydrogen-bond donors (Lipinski definition) is 1. The van der Waals surface area contributed by atoms with Gasteiger partial charge in [0, 0.05) is 5.02 Å². The van der Waals surface area contributed by atoms with Crippen molar-refractivity contribution in [3.8, 4) is 11.5 Å². The van der Waals surface area contributed by atoms with Crippen LogP contribution in [0, 0.1) is 0 Å². The summed E-state index contributed by atoms with van der Waals surface area (Å²) in [6, 6.07) is 11.0. The molecule has 2 rings (SSSR count). The first-order valence-corrected chi connectivity index (χ1v) is 11.3. The number of ether oxygens (including phenoxy) is 3. The Kier molecular flexibility index (Phi) is 8.85. The number of hydrazone groups is 1. The van der Waals surface area contributed by atoms with Gasteiger partial charge in [0.1, 0.15) is 18.0 Å². The molecule has 0 unspecified atom stereocenters. The van der Waals surface area contributed by atoms with Gasteiger partial charge < -0.3 is 14.2 Å². The molecule has 0 spiro atoms. The summed E-state index contributed by atoms with van der Waals surface area (Å²) >= 11 is 5.98. The molecule has 0 saturated carbocycles. The molecular weight excluding hydrogens is 462 g/mol. The maximum absolute atomic E-state index is 12.3. The van der Waals surface area contributed by atoms with Crippen molar-refractivity contribution in [2.24, 2.45) is 5.10 Å². The third kappa shape index (κ3) is 7.43. The summed E-state index contributed by atoms with van der Waals surface area (Å²) in [7, 11) is -1.20. The minimum Gasteiger partial charge on any atom is -0.495 e. The molecule has 1 N–H and O–H groups in total. The van der Waals surface area contributed by atoms with Gasteiger partial charge in [0.2, 0.25) is 10.0 Å². The molecule has 0 aromatic heterocycles. The number of carbonyl (C=O) groups excluding carboxylic acids is 2.